The normalized spacial score (nSPS) is 24.5. The largest absolute Gasteiger partial charge is 0.361 e. The van der Waals surface area contributed by atoms with Gasteiger partial charge < -0.3 is 9.88 Å². The van der Waals surface area contributed by atoms with Crippen molar-refractivity contribution in [2.45, 2.75) is 44.6 Å². The van der Waals surface area contributed by atoms with E-state index in [2.05, 4.69) is 34.3 Å². The monoisotopic (exact) mass is 254 g/mol. The molecule has 2 heteroatoms. The van der Waals surface area contributed by atoms with E-state index in [1.54, 1.807) is 11.1 Å². The van der Waals surface area contributed by atoms with E-state index in [9.17, 15) is 0 Å². The molecule has 2 heterocycles. The molecular formula is C17H22N2. The van der Waals surface area contributed by atoms with E-state index in [0.717, 1.165) is 6.04 Å². The molecule has 1 aliphatic carbocycles. The number of H-pyrrole nitrogens is 1. The fraction of sp³-hybridized carbons (Fsp3) is 0.529. The van der Waals surface area contributed by atoms with Crippen LogP contribution in [0.1, 0.15) is 36.8 Å². The maximum absolute atomic E-state index is 3.35. The fourth-order valence-corrected chi connectivity index (χ4v) is 3.97. The first-order valence-electron chi connectivity index (χ1n) is 7.74. The summed E-state index contributed by atoms with van der Waals surface area (Å²) in [5, 5.41) is 1.46. The zero-order chi connectivity index (χ0) is 12.7. The maximum Gasteiger partial charge on any atom is 0.0456 e. The SMILES string of the molecule is c1cc2c3c(ccc2[nH]1)CC[C@H](N1CCCCC1)C3. The lowest BCUT2D eigenvalue weighted by atomic mass is 9.85. The number of benzene rings is 1. The summed E-state index contributed by atoms with van der Waals surface area (Å²) in [4.78, 5) is 6.10. The Hall–Kier alpha value is -1.28. The number of likely N-dealkylation sites (tertiary alicyclic amines) is 1. The maximum atomic E-state index is 3.35. The summed E-state index contributed by atoms with van der Waals surface area (Å²) in [6, 6.07) is 7.62. The smallest absolute Gasteiger partial charge is 0.0456 e. The molecule has 1 atom stereocenters. The van der Waals surface area contributed by atoms with Crippen LogP contribution in [-0.2, 0) is 12.8 Å². The summed E-state index contributed by atoms with van der Waals surface area (Å²) in [6.07, 6.45) is 10.2. The summed E-state index contributed by atoms with van der Waals surface area (Å²) in [7, 11) is 0. The van der Waals surface area contributed by atoms with Gasteiger partial charge in [0.2, 0.25) is 0 Å². The van der Waals surface area contributed by atoms with Crippen molar-refractivity contribution < 1.29 is 0 Å². The van der Waals surface area contributed by atoms with Gasteiger partial charge in [-0.1, -0.05) is 12.5 Å². The molecule has 1 aliphatic heterocycles. The van der Waals surface area contributed by atoms with Crippen LogP contribution in [0.4, 0.5) is 0 Å². The zero-order valence-electron chi connectivity index (χ0n) is 11.5. The quantitative estimate of drug-likeness (QED) is 0.825. The molecule has 2 aromatic rings. The van der Waals surface area contributed by atoms with Gasteiger partial charge in [0.25, 0.3) is 0 Å². The van der Waals surface area contributed by atoms with E-state index in [1.807, 2.05) is 0 Å². The Morgan fingerprint density at radius 1 is 1.05 bits per heavy atom. The Kier molecular flexibility index (Phi) is 2.84. The average Bonchev–Trinajstić information content (AvgIpc) is 2.96. The highest BCUT2D eigenvalue weighted by molar-refractivity contribution is 5.84. The molecule has 100 valence electrons. The Labute approximate surface area is 114 Å². The number of piperidine rings is 1. The average molecular weight is 254 g/mol. The standard InChI is InChI=1S/C17H22N2/c1-2-10-19(11-3-1)14-6-4-13-5-7-17-15(8-9-18-17)16(13)12-14/h5,7-9,14,18H,1-4,6,10-12H2/t14-/m0/s1. The van der Waals surface area contributed by atoms with Crippen LogP contribution in [0.3, 0.4) is 0 Å². The van der Waals surface area contributed by atoms with Gasteiger partial charge in [-0.25, -0.2) is 0 Å². The van der Waals surface area contributed by atoms with E-state index < -0.39 is 0 Å². The molecular weight excluding hydrogens is 232 g/mol. The van der Waals surface area contributed by atoms with E-state index in [-0.39, 0.29) is 0 Å². The van der Waals surface area contributed by atoms with E-state index in [1.165, 1.54) is 62.5 Å². The van der Waals surface area contributed by atoms with Crippen LogP contribution in [0.2, 0.25) is 0 Å². The molecule has 2 aliphatic rings. The molecule has 0 spiro atoms. The van der Waals surface area contributed by atoms with Gasteiger partial charge in [0.05, 0.1) is 0 Å². The molecule has 0 bridgehead atoms. The summed E-state index contributed by atoms with van der Waals surface area (Å²) >= 11 is 0. The van der Waals surface area contributed by atoms with Gasteiger partial charge in [-0.2, -0.15) is 0 Å². The fourth-order valence-electron chi connectivity index (χ4n) is 3.97. The first-order valence-corrected chi connectivity index (χ1v) is 7.74. The summed E-state index contributed by atoms with van der Waals surface area (Å²) in [5.74, 6) is 0. The second-order valence-corrected chi connectivity index (χ2v) is 6.14. The van der Waals surface area contributed by atoms with Crippen LogP contribution >= 0.6 is 0 Å². The van der Waals surface area contributed by atoms with Gasteiger partial charge in [0, 0.05) is 23.1 Å². The molecule has 1 aromatic heterocycles. The predicted octanol–water partition coefficient (Wildman–Crippen LogP) is 3.51. The van der Waals surface area contributed by atoms with Crippen molar-refractivity contribution in [3.05, 3.63) is 35.5 Å². The number of nitrogens with one attached hydrogen (secondary N) is 1. The molecule has 1 fully saturated rings. The topological polar surface area (TPSA) is 19.0 Å². The van der Waals surface area contributed by atoms with Crippen LogP contribution in [0.5, 0.6) is 0 Å². The van der Waals surface area contributed by atoms with Crippen molar-refractivity contribution >= 4 is 10.9 Å². The van der Waals surface area contributed by atoms with Gasteiger partial charge in [-0.15, -0.1) is 0 Å². The number of aromatic nitrogens is 1. The van der Waals surface area contributed by atoms with Crippen molar-refractivity contribution in [3.63, 3.8) is 0 Å². The second-order valence-electron chi connectivity index (χ2n) is 6.14. The first kappa shape index (κ1) is 11.5. The van der Waals surface area contributed by atoms with Gasteiger partial charge in [-0.3, -0.25) is 0 Å². The van der Waals surface area contributed by atoms with Crippen molar-refractivity contribution in [3.8, 4) is 0 Å². The third kappa shape index (κ3) is 1.99. The Balaban J connectivity index is 1.66. The highest BCUT2D eigenvalue weighted by atomic mass is 15.2. The molecule has 2 nitrogen and oxygen atoms in total. The van der Waals surface area contributed by atoms with Gasteiger partial charge >= 0.3 is 0 Å². The summed E-state index contributed by atoms with van der Waals surface area (Å²) < 4.78 is 0. The van der Waals surface area contributed by atoms with Crippen molar-refractivity contribution in [2.24, 2.45) is 0 Å². The molecule has 19 heavy (non-hydrogen) atoms. The summed E-state index contributed by atoms with van der Waals surface area (Å²) in [5.41, 5.74) is 4.50. The Bertz CT molecular complexity index is 578. The third-order valence-corrected chi connectivity index (χ3v) is 5.04. The number of hydrogen-bond acceptors (Lipinski definition) is 1. The van der Waals surface area contributed by atoms with Crippen LogP contribution < -0.4 is 0 Å². The van der Waals surface area contributed by atoms with Gasteiger partial charge in [0.15, 0.2) is 0 Å². The second kappa shape index (κ2) is 4.68. The third-order valence-electron chi connectivity index (χ3n) is 5.04. The van der Waals surface area contributed by atoms with Crippen LogP contribution in [0.25, 0.3) is 10.9 Å². The highest BCUT2D eigenvalue weighted by Crippen LogP contribution is 2.31. The van der Waals surface area contributed by atoms with Crippen molar-refractivity contribution in [2.75, 3.05) is 13.1 Å². The first-order chi connectivity index (χ1) is 9.42. The lowest BCUT2D eigenvalue weighted by Crippen LogP contribution is -2.42. The molecule has 1 N–H and O–H groups in total. The number of hydrogen-bond donors (Lipinski definition) is 1. The Morgan fingerprint density at radius 3 is 2.84 bits per heavy atom. The number of nitrogens with zero attached hydrogens (tertiary/aromatic N) is 1. The molecule has 0 amide bonds. The number of fused-ring (bicyclic) bond motifs is 3. The lowest BCUT2D eigenvalue weighted by Gasteiger charge is -2.37. The van der Waals surface area contributed by atoms with Gasteiger partial charge in [0.1, 0.15) is 0 Å². The molecule has 0 radical (unpaired) electrons. The molecule has 1 saturated heterocycles. The minimum atomic E-state index is 0.785. The van der Waals surface area contributed by atoms with E-state index in [4.69, 9.17) is 0 Å². The number of aromatic amines is 1. The minimum Gasteiger partial charge on any atom is -0.361 e. The molecule has 1 aromatic carbocycles. The van der Waals surface area contributed by atoms with Gasteiger partial charge in [-0.05, 0) is 68.5 Å². The molecule has 0 saturated carbocycles. The van der Waals surface area contributed by atoms with E-state index >= 15 is 0 Å². The molecule has 0 unspecified atom stereocenters. The predicted molar refractivity (Wildman–Crippen MR) is 79.5 cm³/mol. The van der Waals surface area contributed by atoms with Crippen LogP contribution in [-0.4, -0.2) is 29.0 Å². The number of rotatable bonds is 1. The highest BCUT2D eigenvalue weighted by Gasteiger charge is 2.26. The lowest BCUT2D eigenvalue weighted by molar-refractivity contribution is 0.150. The van der Waals surface area contributed by atoms with E-state index in [0.29, 0.717) is 0 Å². The Morgan fingerprint density at radius 2 is 1.95 bits per heavy atom. The minimum absolute atomic E-state index is 0.785. The summed E-state index contributed by atoms with van der Waals surface area (Å²) in [6.45, 7) is 2.65. The van der Waals surface area contributed by atoms with Crippen molar-refractivity contribution in [1.29, 1.82) is 0 Å². The van der Waals surface area contributed by atoms with Crippen LogP contribution in [0, 0.1) is 0 Å². The zero-order valence-corrected chi connectivity index (χ0v) is 11.5. The molecule has 4 rings (SSSR count). The van der Waals surface area contributed by atoms with Crippen LogP contribution in [0.15, 0.2) is 24.4 Å². The number of aryl methyl sites for hydroxylation is 1. The van der Waals surface area contributed by atoms with Crippen molar-refractivity contribution in [1.82, 2.24) is 9.88 Å².